The van der Waals surface area contributed by atoms with Crippen molar-refractivity contribution in [2.45, 2.75) is 18.6 Å². The molecule has 8 heteroatoms. The Morgan fingerprint density at radius 3 is 2.88 bits per heavy atom. The Hall–Kier alpha value is -2.09. The van der Waals surface area contributed by atoms with E-state index in [4.69, 9.17) is 11.6 Å². The summed E-state index contributed by atoms with van der Waals surface area (Å²) in [5, 5.41) is 26.8. The van der Waals surface area contributed by atoms with Crippen LogP contribution in [-0.4, -0.2) is 56.2 Å². The molecule has 3 N–H and O–H groups in total. The van der Waals surface area contributed by atoms with Gasteiger partial charge < -0.3 is 15.1 Å². The van der Waals surface area contributed by atoms with Crippen molar-refractivity contribution in [3.8, 4) is 0 Å². The van der Waals surface area contributed by atoms with Gasteiger partial charge in [-0.25, -0.2) is 9.48 Å². The molecule has 2 aromatic rings. The SMILES string of the molecule is O=C(Nc1ccnn1Cc1ccccc1Cl)N1CC[C@@](O)(CO)C1. The topological polar surface area (TPSA) is 90.6 Å². The lowest BCUT2D eigenvalue weighted by atomic mass is 10.1. The van der Waals surface area contributed by atoms with Gasteiger partial charge in [-0.2, -0.15) is 5.10 Å². The summed E-state index contributed by atoms with van der Waals surface area (Å²) in [6.07, 6.45) is 1.95. The summed E-state index contributed by atoms with van der Waals surface area (Å²) < 4.78 is 1.65. The number of aliphatic hydroxyl groups is 2. The average molecular weight is 351 g/mol. The standard InChI is InChI=1S/C16H19ClN4O3/c17-13-4-2-1-3-12(13)9-21-14(5-7-18-21)19-15(23)20-8-6-16(24,10-20)11-22/h1-5,7,22,24H,6,8-11H2,(H,19,23)/t16-/m0/s1. The second kappa shape index (κ2) is 6.80. The Kier molecular flexibility index (Phi) is 4.75. The van der Waals surface area contributed by atoms with Gasteiger partial charge in [0.2, 0.25) is 0 Å². The number of aliphatic hydroxyl groups excluding tert-OH is 1. The van der Waals surface area contributed by atoms with Gasteiger partial charge in [-0.3, -0.25) is 5.32 Å². The van der Waals surface area contributed by atoms with Crippen LogP contribution in [0.5, 0.6) is 0 Å². The summed E-state index contributed by atoms with van der Waals surface area (Å²) >= 11 is 6.16. The molecule has 1 aromatic carbocycles. The fourth-order valence-electron chi connectivity index (χ4n) is 2.70. The number of aromatic nitrogens is 2. The van der Waals surface area contributed by atoms with E-state index in [0.717, 1.165) is 5.56 Å². The highest BCUT2D eigenvalue weighted by Crippen LogP contribution is 2.22. The minimum Gasteiger partial charge on any atom is -0.393 e. The van der Waals surface area contributed by atoms with Crippen molar-refractivity contribution in [1.29, 1.82) is 0 Å². The molecule has 2 amide bonds. The lowest BCUT2D eigenvalue weighted by Gasteiger charge is -2.21. The number of halogens is 1. The van der Waals surface area contributed by atoms with Crippen molar-refractivity contribution < 1.29 is 15.0 Å². The van der Waals surface area contributed by atoms with Gasteiger partial charge in [-0.05, 0) is 18.1 Å². The molecule has 1 aromatic heterocycles. The number of anilines is 1. The third-order valence-corrected chi connectivity index (χ3v) is 4.51. The van der Waals surface area contributed by atoms with Gasteiger partial charge in [-0.1, -0.05) is 29.8 Å². The Bertz CT molecular complexity index is 736. The third kappa shape index (κ3) is 3.53. The zero-order chi connectivity index (χ0) is 17.2. The van der Waals surface area contributed by atoms with Crippen LogP contribution in [0.2, 0.25) is 5.02 Å². The van der Waals surface area contributed by atoms with E-state index in [9.17, 15) is 15.0 Å². The first-order chi connectivity index (χ1) is 11.5. The fourth-order valence-corrected chi connectivity index (χ4v) is 2.90. The predicted molar refractivity (Wildman–Crippen MR) is 90.0 cm³/mol. The van der Waals surface area contributed by atoms with Gasteiger partial charge in [0.15, 0.2) is 0 Å². The Morgan fingerprint density at radius 1 is 1.38 bits per heavy atom. The highest BCUT2D eigenvalue weighted by molar-refractivity contribution is 6.31. The average Bonchev–Trinajstić information content (AvgIpc) is 3.17. The van der Waals surface area contributed by atoms with E-state index < -0.39 is 5.60 Å². The van der Waals surface area contributed by atoms with Gasteiger partial charge in [-0.15, -0.1) is 0 Å². The lowest BCUT2D eigenvalue weighted by molar-refractivity contribution is -0.00246. The van der Waals surface area contributed by atoms with Crippen LogP contribution in [0.1, 0.15) is 12.0 Å². The molecule has 0 spiro atoms. The quantitative estimate of drug-likeness (QED) is 0.780. The maximum atomic E-state index is 12.3. The first-order valence-corrected chi connectivity index (χ1v) is 8.03. The molecule has 0 aliphatic carbocycles. The molecular weight excluding hydrogens is 332 g/mol. The summed E-state index contributed by atoms with van der Waals surface area (Å²) in [6.45, 7) is 0.569. The van der Waals surface area contributed by atoms with Crippen LogP contribution < -0.4 is 5.32 Å². The molecule has 1 aliphatic heterocycles. The maximum absolute atomic E-state index is 12.3. The van der Waals surface area contributed by atoms with Crippen LogP contribution in [0.4, 0.5) is 10.6 Å². The van der Waals surface area contributed by atoms with Crippen molar-refractivity contribution in [3.05, 3.63) is 47.1 Å². The number of rotatable bonds is 4. The van der Waals surface area contributed by atoms with E-state index in [1.54, 1.807) is 23.0 Å². The third-order valence-electron chi connectivity index (χ3n) is 4.14. The van der Waals surface area contributed by atoms with E-state index >= 15 is 0 Å². The second-order valence-electron chi connectivity index (χ2n) is 5.95. The Labute approximate surface area is 144 Å². The predicted octanol–water partition coefficient (Wildman–Crippen LogP) is 1.55. The van der Waals surface area contributed by atoms with E-state index in [1.807, 2.05) is 18.2 Å². The molecule has 1 fully saturated rings. The van der Waals surface area contributed by atoms with Crippen LogP contribution in [0.3, 0.4) is 0 Å². The zero-order valence-electron chi connectivity index (χ0n) is 13.0. The molecule has 1 saturated heterocycles. The Morgan fingerprint density at radius 2 is 2.17 bits per heavy atom. The van der Waals surface area contributed by atoms with E-state index in [0.29, 0.717) is 30.4 Å². The van der Waals surface area contributed by atoms with Gasteiger partial charge in [0.05, 0.1) is 25.9 Å². The number of nitrogens with one attached hydrogen (secondary N) is 1. The fraction of sp³-hybridized carbons (Fsp3) is 0.375. The highest BCUT2D eigenvalue weighted by atomic mass is 35.5. The summed E-state index contributed by atoms with van der Waals surface area (Å²) in [7, 11) is 0. The Balaban J connectivity index is 1.68. The molecule has 1 atom stereocenters. The molecule has 3 rings (SSSR count). The molecule has 7 nitrogen and oxygen atoms in total. The van der Waals surface area contributed by atoms with Gasteiger partial charge >= 0.3 is 6.03 Å². The summed E-state index contributed by atoms with van der Waals surface area (Å²) in [5.41, 5.74) is -0.316. The molecule has 2 heterocycles. The number of benzene rings is 1. The minimum atomic E-state index is -1.21. The molecule has 0 saturated carbocycles. The van der Waals surface area contributed by atoms with Crippen molar-refractivity contribution in [3.63, 3.8) is 0 Å². The number of nitrogens with zero attached hydrogens (tertiary/aromatic N) is 3. The molecule has 24 heavy (non-hydrogen) atoms. The molecule has 0 unspecified atom stereocenters. The number of β-amino-alcohol motifs (C(OH)–C–C–N with tert-alkyl or cyclic N) is 1. The van der Waals surface area contributed by atoms with Crippen LogP contribution in [0, 0.1) is 0 Å². The highest BCUT2D eigenvalue weighted by Gasteiger charge is 2.37. The largest absolute Gasteiger partial charge is 0.393 e. The van der Waals surface area contributed by atoms with Gasteiger partial charge in [0, 0.05) is 17.6 Å². The number of carbonyl (C=O) groups is 1. The molecule has 1 aliphatic rings. The van der Waals surface area contributed by atoms with Crippen LogP contribution in [0.15, 0.2) is 36.5 Å². The smallest absolute Gasteiger partial charge is 0.323 e. The van der Waals surface area contributed by atoms with E-state index in [-0.39, 0.29) is 19.2 Å². The van der Waals surface area contributed by atoms with Crippen molar-refractivity contribution in [2.24, 2.45) is 0 Å². The van der Waals surface area contributed by atoms with Crippen molar-refractivity contribution in [2.75, 3.05) is 25.0 Å². The number of carbonyl (C=O) groups excluding carboxylic acids is 1. The number of amides is 2. The zero-order valence-corrected chi connectivity index (χ0v) is 13.8. The van der Waals surface area contributed by atoms with E-state index in [1.165, 1.54) is 4.90 Å². The molecule has 128 valence electrons. The first kappa shape index (κ1) is 16.8. The first-order valence-electron chi connectivity index (χ1n) is 7.65. The summed E-state index contributed by atoms with van der Waals surface area (Å²) in [6, 6.07) is 8.82. The molecule has 0 radical (unpaired) electrons. The van der Waals surface area contributed by atoms with Crippen LogP contribution in [-0.2, 0) is 6.54 Å². The number of hydrogen-bond acceptors (Lipinski definition) is 4. The number of urea groups is 1. The molecular formula is C16H19ClN4O3. The summed E-state index contributed by atoms with van der Waals surface area (Å²) in [5.74, 6) is 0.541. The van der Waals surface area contributed by atoms with Crippen LogP contribution >= 0.6 is 11.6 Å². The second-order valence-corrected chi connectivity index (χ2v) is 6.36. The number of likely N-dealkylation sites (tertiary alicyclic amines) is 1. The number of hydrogen-bond donors (Lipinski definition) is 3. The maximum Gasteiger partial charge on any atom is 0.323 e. The van der Waals surface area contributed by atoms with Gasteiger partial charge in [0.25, 0.3) is 0 Å². The van der Waals surface area contributed by atoms with Crippen LogP contribution in [0.25, 0.3) is 0 Å². The summed E-state index contributed by atoms with van der Waals surface area (Å²) in [4.78, 5) is 13.8. The monoisotopic (exact) mass is 350 g/mol. The van der Waals surface area contributed by atoms with Crippen molar-refractivity contribution >= 4 is 23.4 Å². The van der Waals surface area contributed by atoms with Gasteiger partial charge in [0.1, 0.15) is 11.4 Å². The minimum absolute atomic E-state index is 0.105. The van der Waals surface area contributed by atoms with Crippen molar-refractivity contribution in [1.82, 2.24) is 14.7 Å². The lowest BCUT2D eigenvalue weighted by Crippen LogP contribution is -2.40. The normalized spacial score (nSPS) is 20.4. The van der Waals surface area contributed by atoms with E-state index in [2.05, 4.69) is 10.4 Å². The molecule has 0 bridgehead atoms.